The van der Waals surface area contributed by atoms with E-state index in [1.54, 1.807) is 25.2 Å². The summed E-state index contributed by atoms with van der Waals surface area (Å²) in [7, 11) is 1.65. The van der Waals surface area contributed by atoms with Crippen LogP contribution in [0.15, 0.2) is 18.2 Å². The van der Waals surface area contributed by atoms with Gasteiger partial charge in [-0.1, -0.05) is 6.07 Å². The van der Waals surface area contributed by atoms with E-state index in [2.05, 4.69) is 5.32 Å². The summed E-state index contributed by atoms with van der Waals surface area (Å²) < 4.78 is 15.7. The van der Waals surface area contributed by atoms with Crippen molar-refractivity contribution in [1.29, 1.82) is 0 Å². The number of rotatable bonds is 6. The van der Waals surface area contributed by atoms with Crippen molar-refractivity contribution in [2.24, 2.45) is 0 Å². The van der Waals surface area contributed by atoms with Crippen LogP contribution in [-0.4, -0.2) is 58.9 Å². The Bertz CT molecular complexity index is 635. The second kappa shape index (κ2) is 8.15. The van der Waals surface area contributed by atoms with Crippen LogP contribution < -0.4 is 10.1 Å². The maximum atomic E-state index is 11.1. The van der Waals surface area contributed by atoms with Crippen LogP contribution in [0.1, 0.15) is 18.9 Å². The first-order valence-corrected chi connectivity index (χ1v) is 7.67. The zero-order valence-corrected chi connectivity index (χ0v) is 13.8. The Morgan fingerprint density at radius 3 is 2.64 bits per heavy atom. The third kappa shape index (κ3) is 4.81. The molecule has 0 bridgehead atoms. The molecule has 0 radical (unpaired) electrons. The van der Waals surface area contributed by atoms with Gasteiger partial charge in [-0.15, -0.1) is 0 Å². The number of hydrogen-bond donors (Lipinski definition) is 4. The van der Waals surface area contributed by atoms with Gasteiger partial charge in [0.2, 0.25) is 6.29 Å². The third-order valence-corrected chi connectivity index (χ3v) is 3.67. The van der Waals surface area contributed by atoms with E-state index in [1.807, 2.05) is 0 Å². The van der Waals surface area contributed by atoms with E-state index in [1.165, 1.54) is 6.92 Å². The molecular formula is C16H21NO8. The van der Waals surface area contributed by atoms with E-state index in [-0.39, 0.29) is 13.0 Å². The van der Waals surface area contributed by atoms with Crippen LogP contribution in [0, 0.1) is 0 Å². The summed E-state index contributed by atoms with van der Waals surface area (Å²) >= 11 is 0. The van der Waals surface area contributed by atoms with Crippen LogP contribution in [0.5, 0.6) is 5.75 Å². The van der Waals surface area contributed by atoms with Gasteiger partial charge in [-0.3, -0.25) is 4.79 Å². The molecular weight excluding hydrogens is 334 g/mol. The van der Waals surface area contributed by atoms with Crippen LogP contribution in [-0.2, 0) is 25.7 Å². The molecule has 138 valence electrons. The van der Waals surface area contributed by atoms with Crippen molar-refractivity contribution in [3.8, 4) is 5.75 Å². The first-order valence-electron chi connectivity index (χ1n) is 7.67. The summed E-state index contributed by atoms with van der Waals surface area (Å²) in [6.07, 6.45) is -5.40. The summed E-state index contributed by atoms with van der Waals surface area (Å²) in [6.45, 7) is 1.41. The Morgan fingerprint density at radius 1 is 1.32 bits per heavy atom. The largest absolute Gasteiger partial charge is 0.479 e. The maximum absolute atomic E-state index is 11.1. The molecule has 9 nitrogen and oxygen atoms in total. The number of esters is 1. The Labute approximate surface area is 144 Å². The SMILES string of the molecule is CNc1cc(COC(C)=O)ccc1O[C@@H]1O[C@H](C(=O)O)[C@@H](O)C[C@H]1O. The molecule has 0 unspecified atom stereocenters. The number of benzene rings is 1. The summed E-state index contributed by atoms with van der Waals surface area (Å²) in [6, 6.07) is 4.94. The minimum Gasteiger partial charge on any atom is -0.479 e. The van der Waals surface area contributed by atoms with E-state index < -0.39 is 36.5 Å². The fraction of sp³-hybridized carbons (Fsp3) is 0.500. The van der Waals surface area contributed by atoms with E-state index in [0.717, 1.165) is 5.56 Å². The fourth-order valence-corrected chi connectivity index (χ4v) is 2.41. The number of carboxylic acids is 1. The van der Waals surface area contributed by atoms with Crippen molar-refractivity contribution in [2.75, 3.05) is 12.4 Å². The van der Waals surface area contributed by atoms with Crippen LogP contribution in [0.3, 0.4) is 0 Å². The van der Waals surface area contributed by atoms with Crippen molar-refractivity contribution < 1.29 is 39.1 Å². The summed E-state index contributed by atoms with van der Waals surface area (Å²) in [5, 5.41) is 31.6. The Kier molecular flexibility index (Phi) is 6.18. The third-order valence-electron chi connectivity index (χ3n) is 3.67. The average Bonchev–Trinajstić information content (AvgIpc) is 2.55. The molecule has 0 aromatic heterocycles. The van der Waals surface area contributed by atoms with Gasteiger partial charge in [0.15, 0.2) is 6.10 Å². The normalized spacial score (nSPS) is 25.9. The monoisotopic (exact) mass is 355 g/mol. The summed E-state index contributed by atoms with van der Waals surface area (Å²) in [5.41, 5.74) is 1.26. The Hall–Kier alpha value is -2.36. The van der Waals surface area contributed by atoms with Crippen LogP contribution in [0.25, 0.3) is 0 Å². The van der Waals surface area contributed by atoms with Crippen molar-refractivity contribution in [1.82, 2.24) is 0 Å². The molecule has 2 rings (SSSR count). The summed E-state index contributed by atoms with van der Waals surface area (Å²) in [5.74, 6) is -1.42. The average molecular weight is 355 g/mol. The highest BCUT2D eigenvalue weighted by atomic mass is 16.7. The smallest absolute Gasteiger partial charge is 0.335 e. The fourth-order valence-electron chi connectivity index (χ4n) is 2.41. The maximum Gasteiger partial charge on any atom is 0.335 e. The van der Waals surface area contributed by atoms with Gasteiger partial charge in [-0.2, -0.15) is 0 Å². The molecule has 0 spiro atoms. The highest BCUT2D eigenvalue weighted by molar-refractivity contribution is 5.73. The van der Waals surface area contributed by atoms with Gasteiger partial charge >= 0.3 is 11.9 Å². The lowest BCUT2D eigenvalue weighted by atomic mass is 10.0. The molecule has 9 heteroatoms. The number of anilines is 1. The first-order chi connectivity index (χ1) is 11.8. The van der Waals surface area contributed by atoms with E-state index in [9.17, 15) is 19.8 Å². The number of nitrogens with one attached hydrogen (secondary N) is 1. The molecule has 1 fully saturated rings. The Morgan fingerprint density at radius 2 is 2.04 bits per heavy atom. The lowest BCUT2D eigenvalue weighted by molar-refractivity contribution is -0.237. The number of aliphatic hydroxyl groups is 2. The van der Waals surface area contributed by atoms with E-state index in [0.29, 0.717) is 11.4 Å². The molecule has 4 atom stereocenters. The predicted molar refractivity (Wildman–Crippen MR) is 85.0 cm³/mol. The molecule has 0 amide bonds. The number of ether oxygens (including phenoxy) is 3. The molecule has 0 saturated carbocycles. The molecule has 1 aromatic rings. The number of carbonyl (C=O) groups excluding carboxylic acids is 1. The molecule has 1 aromatic carbocycles. The summed E-state index contributed by atoms with van der Waals surface area (Å²) in [4.78, 5) is 22.0. The van der Waals surface area contributed by atoms with Crippen LogP contribution in [0.4, 0.5) is 5.69 Å². The van der Waals surface area contributed by atoms with Crippen molar-refractivity contribution in [3.05, 3.63) is 23.8 Å². The van der Waals surface area contributed by atoms with Crippen molar-refractivity contribution in [3.63, 3.8) is 0 Å². The number of carboxylic acid groups (broad SMARTS) is 1. The zero-order chi connectivity index (χ0) is 18.6. The molecule has 1 aliphatic rings. The lowest BCUT2D eigenvalue weighted by Gasteiger charge is -2.35. The lowest BCUT2D eigenvalue weighted by Crippen LogP contribution is -2.52. The second-order valence-electron chi connectivity index (χ2n) is 5.61. The standard InChI is InChI=1S/C16H21NO8/c1-8(18)23-7-9-3-4-13(10(5-9)17-2)24-16-12(20)6-11(19)14(25-16)15(21)22/h3-5,11-12,14,16-17,19-20H,6-7H2,1-2H3,(H,21,22)/t11-,12+,14-,16+/m0/s1. The molecule has 0 aliphatic carbocycles. The molecule has 1 heterocycles. The van der Waals surface area contributed by atoms with Gasteiger partial charge in [0.1, 0.15) is 18.5 Å². The molecule has 25 heavy (non-hydrogen) atoms. The minimum absolute atomic E-state index is 0.0973. The van der Waals surface area contributed by atoms with Crippen molar-refractivity contribution in [2.45, 2.75) is 44.6 Å². The second-order valence-corrected chi connectivity index (χ2v) is 5.61. The van der Waals surface area contributed by atoms with Gasteiger partial charge in [-0.25, -0.2) is 4.79 Å². The van der Waals surface area contributed by atoms with Crippen LogP contribution >= 0.6 is 0 Å². The topological polar surface area (TPSA) is 135 Å². The number of aliphatic carboxylic acids is 1. The molecule has 4 N–H and O–H groups in total. The van der Waals surface area contributed by atoms with Crippen LogP contribution in [0.2, 0.25) is 0 Å². The number of aliphatic hydroxyl groups excluding tert-OH is 2. The molecule has 1 saturated heterocycles. The van der Waals surface area contributed by atoms with Gasteiger partial charge in [0.05, 0.1) is 11.8 Å². The minimum atomic E-state index is -1.48. The highest BCUT2D eigenvalue weighted by Gasteiger charge is 2.41. The van der Waals surface area contributed by atoms with Gasteiger partial charge in [0.25, 0.3) is 0 Å². The van der Waals surface area contributed by atoms with E-state index in [4.69, 9.17) is 19.3 Å². The number of hydrogen-bond acceptors (Lipinski definition) is 8. The predicted octanol–water partition coefficient (Wildman–Crippen LogP) is 0.0916. The first kappa shape index (κ1) is 19.0. The van der Waals surface area contributed by atoms with Gasteiger partial charge in [0, 0.05) is 20.4 Å². The van der Waals surface area contributed by atoms with Gasteiger partial charge < -0.3 is 34.8 Å². The van der Waals surface area contributed by atoms with Crippen molar-refractivity contribution >= 4 is 17.6 Å². The van der Waals surface area contributed by atoms with Gasteiger partial charge in [-0.05, 0) is 17.7 Å². The number of carbonyl (C=O) groups is 2. The Balaban J connectivity index is 2.12. The highest BCUT2D eigenvalue weighted by Crippen LogP contribution is 2.30. The zero-order valence-electron chi connectivity index (χ0n) is 13.8. The van der Waals surface area contributed by atoms with E-state index >= 15 is 0 Å². The molecule has 1 aliphatic heterocycles. The quantitative estimate of drug-likeness (QED) is 0.524.